The van der Waals surface area contributed by atoms with Crippen LogP contribution >= 0.6 is 11.6 Å². The van der Waals surface area contributed by atoms with Crippen molar-refractivity contribution in [2.45, 2.75) is 6.61 Å². The van der Waals surface area contributed by atoms with E-state index in [9.17, 15) is 4.79 Å². The van der Waals surface area contributed by atoms with Gasteiger partial charge >= 0.3 is 0 Å². The zero-order chi connectivity index (χ0) is 21.5. The molecule has 5 rings (SSSR count). The van der Waals surface area contributed by atoms with Crippen molar-refractivity contribution >= 4 is 28.2 Å². The molecule has 0 unspecified atom stereocenters. The number of benzene rings is 1. The monoisotopic (exact) mass is 438 g/mol. The molecule has 0 bridgehead atoms. The SMILES string of the molecule is COCc1nn2c(ncc3c(=O)n(N4CCN(C)CC4)ccc32)c1-c1ccc(Cl)cc1. The lowest BCUT2D eigenvalue weighted by Gasteiger charge is -2.34. The molecule has 8 nitrogen and oxygen atoms in total. The molecule has 1 aliphatic heterocycles. The molecule has 1 saturated heterocycles. The summed E-state index contributed by atoms with van der Waals surface area (Å²) in [6, 6.07) is 9.49. The minimum atomic E-state index is -0.0895. The number of aromatic nitrogens is 4. The van der Waals surface area contributed by atoms with E-state index >= 15 is 0 Å². The molecule has 9 heteroatoms. The Labute approximate surface area is 184 Å². The zero-order valence-corrected chi connectivity index (χ0v) is 18.2. The van der Waals surface area contributed by atoms with Crippen molar-refractivity contribution in [2.24, 2.45) is 0 Å². The minimum absolute atomic E-state index is 0.0895. The molecular weight excluding hydrogens is 416 g/mol. The molecule has 0 N–H and O–H groups in total. The van der Waals surface area contributed by atoms with Crippen molar-refractivity contribution in [1.82, 2.24) is 24.2 Å². The fraction of sp³-hybridized carbons (Fsp3) is 0.318. The fourth-order valence-corrected chi connectivity index (χ4v) is 4.21. The van der Waals surface area contributed by atoms with Crippen LogP contribution in [0.3, 0.4) is 0 Å². The molecule has 1 aromatic carbocycles. The first-order valence-corrected chi connectivity index (χ1v) is 10.6. The van der Waals surface area contributed by atoms with Gasteiger partial charge < -0.3 is 14.6 Å². The molecule has 1 fully saturated rings. The summed E-state index contributed by atoms with van der Waals surface area (Å²) < 4.78 is 8.82. The molecule has 0 atom stereocenters. The lowest BCUT2D eigenvalue weighted by molar-refractivity contribution is 0.181. The highest BCUT2D eigenvalue weighted by atomic mass is 35.5. The lowest BCUT2D eigenvalue weighted by Crippen LogP contribution is -2.52. The molecule has 3 aromatic heterocycles. The van der Waals surface area contributed by atoms with Crippen LogP contribution in [0.1, 0.15) is 5.69 Å². The second-order valence-corrected chi connectivity index (χ2v) is 8.21. The standard InChI is InChI=1S/C22H23ClN6O2/c1-26-9-11-27(12-10-26)28-8-7-19-17(22(28)30)13-24-21-20(15-3-5-16(23)6-4-15)18(14-31-2)25-29(19)21/h3-8,13H,9-12,14H2,1-2H3. The van der Waals surface area contributed by atoms with E-state index in [1.165, 1.54) is 0 Å². The van der Waals surface area contributed by atoms with Crippen molar-refractivity contribution in [3.05, 3.63) is 63.8 Å². The van der Waals surface area contributed by atoms with Crippen LogP contribution in [0.15, 0.2) is 47.5 Å². The molecule has 0 spiro atoms. The van der Waals surface area contributed by atoms with Crippen LogP contribution in [0.2, 0.25) is 5.02 Å². The summed E-state index contributed by atoms with van der Waals surface area (Å²) in [6.07, 6.45) is 3.48. The number of rotatable bonds is 4. The van der Waals surface area contributed by atoms with Crippen LogP contribution in [-0.2, 0) is 11.3 Å². The number of piperazine rings is 1. The Hall–Kier alpha value is -2.94. The quantitative estimate of drug-likeness (QED) is 0.487. The largest absolute Gasteiger partial charge is 0.378 e. The van der Waals surface area contributed by atoms with Gasteiger partial charge in [0.1, 0.15) is 0 Å². The number of pyridine rings is 1. The smallest absolute Gasteiger partial charge is 0.280 e. The van der Waals surface area contributed by atoms with E-state index < -0.39 is 0 Å². The number of ether oxygens (including phenoxy) is 1. The van der Waals surface area contributed by atoms with E-state index in [1.807, 2.05) is 36.5 Å². The third kappa shape index (κ3) is 3.46. The van der Waals surface area contributed by atoms with E-state index in [0.717, 1.165) is 48.5 Å². The van der Waals surface area contributed by atoms with Gasteiger partial charge in [0.25, 0.3) is 5.56 Å². The van der Waals surface area contributed by atoms with Crippen molar-refractivity contribution in [1.29, 1.82) is 0 Å². The maximum Gasteiger partial charge on any atom is 0.280 e. The van der Waals surface area contributed by atoms with Gasteiger partial charge in [-0.3, -0.25) is 4.79 Å². The average molecular weight is 439 g/mol. The topological polar surface area (TPSA) is 67.9 Å². The number of fused-ring (bicyclic) bond motifs is 3. The lowest BCUT2D eigenvalue weighted by atomic mass is 10.1. The van der Waals surface area contributed by atoms with Crippen LogP contribution in [-0.4, -0.2) is 64.5 Å². The van der Waals surface area contributed by atoms with Crippen molar-refractivity contribution in [3.63, 3.8) is 0 Å². The Morgan fingerprint density at radius 3 is 2.55 bits per heavy atom. The highest BCUT2D eigenvalue weighted by molar-refractivity contribution is 6.30. The molecule has 160 valence electrons. The van der Waals surface area contributed by atoms with Gasteiger partial charge in [0.15, 0.2) is 5.65 Å². The van der Waals surface area contributed by atoms with Gasteiger partial charge in [0.05, 0.1) is 28.8 Å². The highest BCUT2D eigenvalue weighted by Crippen LogP contribution is 2.30. The van der Waals surface area contributed by atoms with Crippen LogP contribution < -0.4 is 10.6 Å². The van der Waals surface area contributed by atoms with Crippen LogP contribution in [0, 0.1) is 0 Å². The van der Waals surface area contributed by atoms with E-state index in [0.29, 0.717) is 22.7 Å². The Balaban J connectivity index is 1.68. The van der Waals surface area contributed by atoms with Gasteiger partial charge in [0, 0.05) is 50.7 Å². The first-order chi connectivity index (χ1) is 15.1. The summed E-state index contributed by atoms with van der Waals surface area (Å²) >= 11 is 6.07. The number of nitrogens with zero attached hydrogens (tertiary/aromatic N) is 6. The number of hydrogen-bond donors (Lipinski definition) is 0. The number of methoxy groups -OCH3 is 1. The molecule has 31 heavy (non-hydrogen) atoms. The first-order valence-electron chi connectivity index (χ1n) is 10.2. The van der Waals surface area contributed by atoms with Gasteiger partial charge in [0.2, 0.25) is 0 Å². The van der Waals surface area contributed by atoms with E-state index in [2.05, 4.69) is 21.9 Å². The highest BCUT2D eigenvalue weighted by Gasteiger charge is 2.20. The molecule has 0 saturated carbocycles. The molecule has 0 aliphatic carbocycles. The third-order valence-electron chi connectivity index (χ3n) is 5.76. The summed E-state index contributed by atoms with van der Waals surface area (Å²) in [5, 5.41) is 8.02. The Bertz CT molecular complexity index is 1310. The number of likely N-dealkylation sites (N-methyl/N-ethyl adjacent to an activating group) is 1. The number of hydrogen-bond acceptors (Lipinski definition) is 6. The number of halogens is 1. The predicted octanol–water partition coefficient (Wildman–Crippen LogP) is 2.39. The van der Waals surface area contributed by atoms with Crippen LogP contribution in [0.5, 0.6) is 0 Å². The maximum atomic E-state index is 13.3. The minimum Gasteiger partial charge on any atom is -0.378 e. The fourth-order valence-electron chi connectivity index (χ4n) is 4.09. The molecule has 4 aromatic rings. The predicted molar refractivity (Wildman–Crippen MR) is 121 cm³/mol. The van der Waals surface area contributed by atoms with Crippen molar-refractivity contribution < 1.29 is 4.74 Å². The van der Waals surface area contributed by atoms with E-state index in [1.54, 1.807) is 22.5 Å². The molecular formula is C22H23ClN6O2. The summed E-state index contributed by atoms with van der Waals surface area (Å²) in [5.74, 6) is 0. The van der Waals surface area contributed by atoms with Gasteiger partial charge in [-0.2, -0.15) is 5.10 Å². The second kappa shape index (κ2) is 7.96. The van der Waals surface area contributed by atoms with Crippen molar-refractivity contribution in [3.8, 4) is 11.1 Å². The summed E-state index contributed by atoms with van der Waals surface area (Å²) in [6.45, 7) is 3.79. The molecule has 0 radical (unpaired) electrons. The first kappa shape index (κ1) is 20.0. The summed E-state index contributed by atoms with van der Waals surface area (Å²) in [4.78, 5) is 20.2. The van der Waals surface area contributed by atoms with Gasteiger partial charge in [-0.1, -0.05) is 23.7 Å². The Morgan fingerprint density at radius 2 is 1.84 bits per heavy atom. The van der Waals surface area contributed by atoms with Crippen LogP contribution in [0.25, 0.3) is 27.7 Å². The normalized spacial score (nSPS) is 15.3. The zero-order valence-electron chi connectivity index (χ0n) is 17.5. The Morgan fingerprint density at radius 1 is 1.10 bits per heavy atom. The maximum absolute atomic E-state index is 13.3. The molecule has 4 heterocycles. The second-order valence-electron chi connectivity index (χ2n) is 7.78. The van der Waals surface area contributed by atoms with Gasteiger partial charge in [-0.15, -0.1) is 0 Å². The summed E-state index contributed by atoms with van der Waals surface area (Å²) in [5.41, 5.74) is 3.89. The third-order valence-corrected chi connectivity index (χ3v) is 6.02. The van der Waals surface area contributed by atoms with Crippen molar-refractivity contribution in [2.75, 3.05) is 45.3 Å². The van der Waals surface area contributed by atoms with E-state index in [4.69, 9.17) is 21.4 Å². The Kier molecular flexibility index (Phi) is 5.13. The summed E-state index contributed by atoms with van der Waals surface area (Å²) in [7, 11) is 3.73. The van der Waals surface area contributed by atoms with Crippen LogP contribution in [0.4, 0.5) is 0 Å². The van der Waals surface area contributed by atoms with Gasteiger partial charge in [-0.25, -0.2) is 14.2 Å². The molecule has 0 amide bonds. The van der Waals surface area contributed by atoms with E-state index in [-0.39, 0.29) is 5.56 Å². The molecule has 1 aliphatic rings. The average Bonchev–Trinajstić information content (AvgIpc) is 3.14. The van der Waals surface area contributed by atoms with Gasteiger partial charge in [-0.05, 0) is 30.8 Å².